The minimum atomic E-state index is -0.609. The quantitative estimate of drug-likeness (QED) is 0.807. The van der Waals surface area contributed by atoms with E-state index in [0.29, 0.717) is 5.76 Å². The Balaban J connectivity index is 2.54. The predicted octanol–water partition coefficient (Wildman–Crippen LogP) is 0.626. The van der Waals surface area contributed by atoms with E-state index in [9.17, 15) is 9.59 Å². The third kappa shape index (κ3) is 3.90. The molecule has 1 aromatic heterocycles. The summed E-state index contributed by atoms with van der Waals surface area (Å²) >= 11 is 0. The molecule has 0 fully saturated rings. The maximum atomic E-state index is 11.6. The Kier molecular flexibility index (Phi) is 4.25. The zero-order valence-electron chi connectivity index (χ0n) is 10.4. The first-order chi connectivity index (χ1) is 7.90. The van der Waals surface area contributed by atoms with Crippen LogP contribution < -0.4 is 10.6 Å². The second-order valence-corrected chi connectivity index (χ2v) is 4.18. The highest BCUT2D eigenvalue weighted by molar-refractivity contribution is 5.95. The van der Waals surface area contributed by atoms with Crippen LogP contribution in [0.15, 0.2) is 10.6 Å². The average Bonchev–Trinajstić information content (AvgIpc) is 2.63. The Labute approximate surface area is 99.7 Å². The molecule has 0 radical (unpaired) electrons. The highest BCUT2D eigenvalue weighted by Gasteiger charge is 2.18. The number of hydrogen-bond acceptors (Lipinski definition) is 4. The number of hydrogen-bond donors (Lipinski definition) is 2. The zero-order chi connectivity index (χ0) is 13.0. The monoisotopic (exact) mass is 239 g/mol. The Hall–Kier alpha value is -1.85. The van der Waals surface area contributed by atoms with Crippen LogP contribution in [-0.2, 0) is 4.79 Å². The number of nitrogens with one attached hydrogen (secondary N) is 2. The summed E-state index contributed by atoms with van der Waals surface area (Å²) in [6, 6.07) is 0.945. The average molecular weight is 239 g/mol. The molecule has 0 aromatic carbocycles. The SMILES string of the molecule is Cc1cc(C(=O)N[C@@H](C)C(=O)NC(C)C)no1. The van der Waals surface area contributed by atoms with Gasteiger partial charge in [-0.25, -0.2) is 0 Å². The highest BCUT2D eigenvalue weighted by atomic mass is 16.5. The predicted molar refractivity (Wildman–Crippen MR) is 61.4 cm³/mol. The van der Waals surface area contributed by atoms with Crippen LogP contribution in [0.5, 0.6) is 0 Å². The summed E-state index contributed by atoms with van der Waals surface area (Å²) in [5, 5.41) is 8.82. The Morgan fingerprint density at radius 2 is 1.94 bits per heavy atom. The van der Waals surface area contributed by atoms with Gasteiger partial charge in [-0.2, -0.15) is 0 Å². The molecule has 0 aliphatic heterocycles. The van der Waals surface area contributed by atoms with E-state index in [1.807, 2.05) is 13.8 Å². The van der Waals surface area contributed by atoms with Gasteiger partial charge in [0, 0.05) is 12.1 Å². The topological polar surface area (TPSA) is 84.2 Å². The molecule has 0 aliphatic rings. The molecule has 1 rings (SSSR count). The van der Waals surface area contributed by atoms with Crippen molar-refractivity contribution in [2.75, 3.05) is 0 Å². The van der Waals surface area contributed by atoms with Crippen molar-refractivity contribution in [2.24, 2.45) is 0 Å². The molecule has 0 saturated heterocycles. The molecule has 17 heavy (non-hydrogen) atoms. The van der Waals surface area contributed by atoms with Crippen molar-refractivity contribution in [3.05, 3.63) is 17.5 Å². The number of nitrogens with zero attached hydrogens (tertiary/aromatic N) is 1. The van der Waals surface area contributed by atoms with Crippen LogP contribution in [0.2, 0.25) is 0 Å². The molecule has 2 amide bonds. The number of carbonyl (C=O) groups excluding carboxylic acids is 2. The van der Waals surface area contributed by atoms with Crippen molar-refractivity contribution in [1.82, 2.24) is 15.8 Å². The van der Waals surface area contributed by atoms with E-state index >= 15 is 0 Å². The minimum absolute atomic E-state index is 0.0381. The summed E-state index contributed by atoms with van der Waals surface area (Å²) in [5.74, 6) is -0.101. The number of aryl methyl sites for hydroxylation is 1. The lowest BCUT2D eigenvalue weighted by molar-refractivity contribution is -0.123. The third-order valence-electron chi connectivity index (χ3n) is 2.03. The van der Waals surface area contributed by atoms with Crippen LogP contribution in [0.1, 0.15) is 37.0 Å². The van der Waals surface area contributed by atoms with Gasteiger partial charge in [-0.15, -0.1) is 0 Å². The molecule has 1 heterocycles. The standard InChI is InChI=1S/C11H17N3O3/c1-6(2)12-10(15)8(4)13-11(16)9-5-7(3)17-14-9/h5-6,8H,1-4H3,(H,12,15)(H,13,16)/t8-/m0/s1. The van der Waals surface area contributed by atoms with Crippen LogP contribution in [0.3, 0.4) is 0 Å². The van der Waals surface area contributed by atoms with E-state index in [1.54, 1.807) is 13.8 Å². The van der Waals surface area contributed by atoms with Gasteiger partial charge in [-0.05, 0) is 27.7 Å². The molecule has 1 aromatic rings. The minimum Gasteiger partial charge on any atom is -0.361 e. The van der Waals surface area contributed by atoms with Gasteiger partial charge in [0.2, 0.25) is 5.91 Å². The van der Waals surface area contributed by atoms with Gasteiger partial charge in [0.05, 0.1) is 0 Å². The zero-order valence-corrected chi connectivity index (χ0v) is 10.4. The van der Waals surface area contributed by atoms with Crippen LogP contribution in [0, 0.1) is 6.92 Å². The summed E-state index contributed by atoms with van der Waals surface area (Å²) in [7, 11) is 0. The maximum Gasteiger partial charge on any atom is 0.274 e. The van der Waals surface area contributed by atoms with Crippen molar-refractivity contribution in [3.8, 4) is 0 Å². The first kappa shape index (κ1) is 13.2. The largest absolute Gasteiger partial charge is 0.361 e. The van der Waals surface area contributed by atoms with Gasteiger partial charge in [-0.3, -0.25) is 9.59 Å². The van der Waals surface area contributed by atoms with E-state index in [-0.39, 0.29) is 17.6 Å². The lowest BCUT2D eigenvalue weighted by Gasteiger charge is -2.15. The summed E-state index contributed by atoms with van der Waals surface area (Å²) < 4.78 is 4.78. The molecule has 0 unspecified atom stereocenters. The number of rotatable bonds is 4. The Morgan fingerprint density at radius 3 is 2.41 bits per heavy atom. The fraction of sp³-hybridized carbons (Fsp3) is 0.545. The lowest BCUT2D eigenvalue weighted by Crippen LogP contribution is -2.46. The van der Waals surface area contributed by atoms with Gasteiger partial charge >= 0.3 is 0 Å². The number of carbonyl (C=O) groups is 2. The first-order valence-electron chi connectivity index (χ1n) is 5.44. The second kappa shape index (κ2) is 5.47. The second-order valence-electron chi connectivity index (χ2n) is 4.18. The van der Waals surface area contributed by atoms with Crippen LogP contribution in [0.25, 0.3) is 0 Å². The summed E-state index contributed by atoms with van der Waals surface area (Å²) in [6.45, 7) is 7.02. The molecular weight excluding hydrogens is 222 g/mol. The fourth-order valence-corrected chi connectivity index (χ4v) is 1.22. The van der Waals surface area contributed by atoms with Crippen molar-refractivity contribution in [1.29, 1.82) is 0 Å². The van der Waals surface area contributed by atoms with Crippen LogP contribution in [0.4, 0.5) is 0 Å². The highest BCUT2D eigenvalue weighted by Crippen LogP contribution is 2.01. The fourth-order valence-electron chi connectivity index (χ4n) is 1.22. The number of amides is 2. The van der Waals surface area contributed by atoms with Gasteiger partial charge in [0.25, 0.3) is 5.91 Å². The Morgan fingerprint density at radius 1 is 1.29 bits per heavy atom. The molecule has 6 nitrogen and oxygen atoms in total. The van der Waals surface area contributed by atoms with Gasteiger partial charge in [0.15, 0.2) is 5.69 Å². The number of aromatic nitrogens is 1. The van der Waals surface area contributed by atoms with E-state index < -0.39 is 11.9 Å². The van der Waals surface area contributed by atoms with Crippen molar-refractivity contribution >= 4 is 11.8 Å². The normalized spacial score (nSPS) is 12.3. The molecular formula is C11H17N3O3. The third-order valence-corrected chi connectivity index (χ3v) is 2.03. The van der Waals surface area contributed by atoms with E-state index in [4.69, 9.17) is 4.52 Å². The van der Waals surface area contributed by atoms with E-state index in [1.165, 1.54) is 6.07 Å². The van der Waals surface area contributed by atoms with Gasteiger partial charge in [-0.1, -0.05) is 5.16 Å². The van der Waals surface area contributed by atoms with Crippen molar-refractivity contribution < 1.29 is 14.1 Å². The van der Waals surface area contributed by atoms with Gasteiger partial charge < -0.3 is 15.2 Å². The molecule has 94 valence electrons. The smallest absolute Gasteiger partial charge is 0.274 e. The molecule has 0 bridgehead atoms. The van der Waals surface area contributed by atoms with Crippen LogP contribution >= 0.6 is 0 Å². The molecule has 2 N–H and O–H groups in total. The summed E-state index contributed by atoms with van der Waals surface area (Å²) in [4.78, 5) is 23.2. The molecule has 0 aliphatic carbocycles. The van der Waals surface area contributed by atoms with Gasteiger partial charge in [0.1, 0.15) is 11.8 Å². The Bertz CT molecular complexity index is 412. The lowest BCUT2D eigenvalue weighted by atomic mass is 10.2. The molecule has 1 atom stereocenters. The van der Waals surface area contributed by atoms with Crippen molar-refractivity contribution in [3.63, 3.8) is 0 Å². The summed E-state index contributed by atoms with van der Waals surface area (Å²) in [6.07, 6.45) is 0. The molecule has 0 saturated carbocycles. The van der Waals surface area contributed by atoms with Crippen LogP contribution in [-0.4, -0.2) is 29.1 Å². The van der Waals surface area contributed by atoms with Crippen molar-refractivity contribution in [2.45, 2.75) is 39.8 Å². The summed E-state index contributed by atoms with van der Waals surface area (Å²) in [5.41, 5.74) is 0.173. The molecule has 6 heteroatoms. The van der Waals surface area contributed by atoms with E-state index in [0.717, 1.165) is 0 Å². The first-order valence-corrected chi connectivity index (χ1v) is 5.44. The van der Waals surface area contributed by atoms with E-state index in [2.05, 4.69) is 15.8 Å². The molecule has 0 spiro atoms. The maximum absolute atomic E-state index is 11.6.